The van der Waals surface area contributed by atoms with Crippen molar-refractivity contribution in [3.63, 3.8) is 0 Å². The van der Waals surface area contributed by atoms with Crippen molar-refractivity contribution >= 4 is 27.5 Å². The molecule has 0 spiro atoms. The zero-order valence-electron chi connectivity index (χ0n) is 18.2. The summed E-state index contributed by atoms with van der Waals surface area (Å²) in [6, 6.07) is 23.0. The summed E-state index contributed by atoms with van der Waals surface area (Å²) in [4.78, 5) is 15.4. The zero-order chi connectivity index (χ0) is 22.9. The molecule has 1 aliphatic rings. The lowest BCUT2D eigenvalue weighted by molar-refractivity contribution is 0.0989. The van der Waals surface area contributed by atoms with E-state index >= 15 is 0 Å². The van der Waals surface area contributed by atoms with E-state index in [1.54, 1.807) is 7.11 Å². The number of hydrogen-bond acceptors (Lipinski definition) is 4. The lowest BCUT2D eigenvalue weighted by Gasteiger charge is -2.26. The minimum absolute atomic E-state index is 0.113. The van der Waals surface area contributed by atoms with Gasteiger partial charge in [-0.3, -0.25) is 14.8 Å². The number of rotatable bonds is 6. The Balaban J connectivity index is 1.65. The lowest BCUT2D eigenvalue weighted by atomic mass is 9.95. The van der Waals surface area contributed by atoms with Crippen molar-refractivity contribution in [2.24, 2.45) is 0 Å². The maximum absolute atomic E-state index is 13.6. The lowest BCUT2D eigenvalue weighted by Crippen LogP contribution is -2.29. The number of nitrogens with zero attached hydrogens (tertiary/aromatic N) is 2. The van der Waals surface area contributed by atoms with Gasteiger partial charge in [0, 0.05) is 21.3 Å². The van der Waals surface area contributed by atoms with Gasteiger partial charge in [0.2, 0.25) is 0 Å². The third kappa shape index (κ3) is 3.78. The number of benzene rings is 3. The molecule has 7 heteroatoms. The summed E-state index contributed by atoms with van der Waals surface area (Å²) in [6.07, 6.45) is 0. The fraction of sp³-hybridized carbons (Fsp3) is 0.154. The zero-order valence-corrected chi connectivity index (χ0v) is 19.8. The fourth-order valence-electron chi connectivity index (χ4n) is 4.21. The van der Waals surface area contributed by atoms with Crippen LogP contribution in [0.2, 0.25) is 0 Å². The first-order valence-electron chi connectivity index (χ1n) is 10.6. The maximum atomic E-state index is 13.6. The predicted octanol–water partition coefficient (Wildman–Crippen LogP) is 6.00. The SMILES string of the molecule is CCOc1ccc(-c2n[nH]c3c2C(c2ccc(OC)cc2)N(c2ccc(Br)cc2)C3=O)cc1. The number of amides is 1. The molecule has 166 valence electrons. The van der Waals surface area contributed by atoms with E-state index in [-0.39, 0.29) is 11.9 Å². The summed E-state index contributed by atoms with van der Waals surface area (Å²) in [5.41, 5.74) is 4.81. The number of aromatic amines is 1. The monoisotopic (exact) mass is 503 g/mol. The molecular formula is C26H22BrN3O3. The second-order valence-corrected chi connectivity index (χ2v) is 8.56. The molecule has 1 amide bonds. The largest absolute Gasteiger partial charge is 0.497 e. The topological polar surface area (TPSA) is 67.5 Å². The number of halogens is 1. The van der Waals surface area contributed by atoms with Gasteiger partial charge in [-0.05, 0) is 73.2 Å². The van der Waals surface area contributed by atoms with Crippen LogP contribution in [0.5, 0.6) is 11.5 Å². The smallest absolute Gasteiger partial charge is 0.277 e. The molecule has 2 heterocycles. The summed E-state index contributed by atoms with van der Waals surface area (Å²) in [7, 11) is 1.64. The standard InChI is InChI=1S/C26H22BrN3O3/c1-3-33-21-14-4-16(5-15-21)23-22-24(29-28-23)26(31)30(19-10-8-18(27)9-11-19)25(22)17-6-12-20(32-2)13-7-17/h4-15,25H,3H2,1-2H3,(H,28,29). The Morgan fingerprint density at radius 3 is 2.27 bits per heavy atom. The van der Waals surface area contributed by atoms with Crippen LogP contribution in [0.3, 0.4) is 0 Å². The number of anilines is 1. The summed E-state index contributed by atoms with van der Waals surface area (Å²) < 4.78 is 11.9. The average Bonchev–Trinajstić information content (AvgIpc) is 3.39. The molecular weight excluding hydrogens is 482 g/mol. The van der Waals surface area contributed by atoms with Crippen LogP contribution < -0.4 is 14.4 Å². The molecule has 33 heavy (non-hydrogen) atoms. The number of carbonyl (C=O) groups excluding carboxylic acids is 1. The molecule has 6 nitrogen and oxygen atoms in total. The second-order valence-electron chi connectivity index (χ2n) is 7.65. The van der Waals surface area contributed by atoms with E-state index in [4.69, 9.17) is 9.47 Å². The molecule has 4 aromatic rings. The van der Waals surface area contributed by atoms with Crippen LogP contribution in [0.1, 0.15) is 34.6 Å². The summed E-state index contributed by atoms with van der Waals surface area (Å²) in [6.45, 7) is 2.56. The van der Waals surface area contributed by atoms with Crippen molar-refractivity contribution in [3.05, 3.63) is 94.1 Å². The molecule has 3 aromatic carbocycles. The Bertz CT molecular complexity index is 1280. The highest BCUT2D eigenvalue weighted by molar-refractivity contribution is 9.10. The van der Waals surface area contributed by atoms with Crippen molar-refractivity contribution < 1.29 is 14.3 Å². The van der Waals surface area contributed by atoms with E-state index in [0.717, 1.165) is 44.0 Å². The molecule has 0 saturated carbocycles. The van der Waals surface area contributed by atoms with E-state index in [0.29, 0.717) is 12.3 Å². The van der Waals surface area contributed by atoms with E-state index < -0.39 is 0 Å². The molecule has 0 radical (unpaired) electrons. The number of methoxy groups -OCH3 is 1. The third-order valence-electron chi connectivity index (χ3n) is 5.74. The highest BCUT2D eigenvalue weighted by Gasteiger charge is 2.43. The van der Waals surface area contributed by atoms with Crippen molar-refractivity contribution in [1.29, 1.82) is 0 Å². The van der Waals surface area contributed by atoms with Gasteiger partial charge in [0.15, 0.2) is 0 Å². The summed E-state index contributed by atoms with van der Waals surface area (Å²) in [5.74, 6) is 1.45. The third-order valence-corrected chi connectivity index (χ3v) is 6.27. The number of fused-ring (bicyclic) bond motifs is 1. The Labute approximate surface area is 200 Å². The Hall–Kier alpha value is -3.58. The van der Waals surface area contributed by atoms with Crippen LogP contribution >= 0.6 is 15.9 Å². The molecule has 1 atom stereocenters. The minimum atomic E-state index is -0.333. The normalized spacial score (nSPS) is 14.9. The second kappa shape index (κ2) is 8.75. The minimum Gasteiger partial charge on any atom is -0.497 e. The van der Waals surface area contributed by atoms with E-state index in [1.165, 1.54) is 0 Å². The molecule has 0 fully saturated rings. The van der Waals surface area contributed by atoms with Crippen molar-refractivity contribution in [2.75, 3.05) is 18.6 Å². The van der Waals surface area contributed by atoms with Crippen LogP contribution in [0, 0.1) is 0 Å². The van der Waals surface area contributed by atoms with Gasteiger partial charge in [0.05, 0.1) is 25.5 Å². The van der Waals surface area contributed by atoms with Crippen molar-refractivity contribution in [2.45, 2.75) is 13.0 Å². The Morgan fingerprint density at radius 1 is 0.970 bits per heavy atom. The summed E-state index contributed by atoms with van der Waals surface area (Å²) in [5, 5.41) is 7.54. The van der Waals surface area contributed by atoms with E-state index in [1.807, 2.05) is 84.6 Å². The number of ether oxygens (including phenoxy) is 2. The van der Waals surface area contributed by atoms with E-state index in [9.17, 15) is 4.79 Å². The molecule has 0 saturated heterocycles. The van der Waals surface area contributed by atoms with Gasteiger partial charge in [-0.15, -0.1) is 0 Å². The van der Waals surface area contributed by atoms with Crippen molar-refractivity contribution in [1.82, 2.24) is 10.2 Å². The van der Waals surface area contributed by atoms with Crippen molar-refractivity contribution in [3.8, 4) is 22.8 Å². The van der Waals surface area contributed by atoms with Crippen LogP contribution in [0.15, 0.2) is 77.3 Å². The molecule has 1 N–H and O–H groups in total. The first-order valence-corrected chi connectivity index (χ1v) is 11.4. The summed E-state index contributed by atoms with van der Waals surface area (Å²) >= 11 is 3.48. The molecule has 0 bridgehead atoms. The van der Waals surface area contributed by atoms with Gasteiger partial charge in [-0.1, -0.05) is 28.1 Å². The molecule has 5 rings (SSSR count). The first kappa shape index (κ1) is 21.3. The quantitative estimate of drug-likeness (QED) is 0.350. The number of hydrogen-bond donors (Lipinski definition) is 1. The van der Waals surface area contributed by atoms with Crippen LogP contribution in [-0.4, -0.2) is 29.8 Å². The average molecular weight is 504 g/mol. The van der Waals surface area contributed by atoms with Crippen LogP contribution in [-0.2, 0) is 0 Å². The maximum Gasteiger partial charge on any atom is 0.277 e. The number of nitrogens with one attached hydrogen (secondary N) is 1. The van der Waals surface area contributed by atoms with Gasteiger partial charge in [-0.25, -0.2) is 0 Å². The molecule has 1 aliphatic heterocycles. The molecule has 0 aliphatic carbocycles. The highest BCUT2D eigenvalue weighted by Crippen LogP contribution is 2.45. The first-order chi connectivity index (χ1) is 16.1. The van der Waals surface area contributed by atoms with Gasteiger partial charge < -0.3 is 9.47 Å². The highest BCUT2D eigenvalue weighted by atomic mass is 79.9. The fourth-order valence-corrected chi connectivity index (χ4v) is 4.48. The Morgan fingerprint density at radius 2 is 1.64 bits per heavy atom. The molecule has 1 aromatic heterocycles. The van der Waals surface area contributed by atoms with Crippen LogP contribution in [0.25, 0.3) is 11.3 Å². The number of aromatic nitrogens is 2. The number of H-pyrrole nitrogens is 1. The van der Waals surface area contributed by atoms with Gasteiger partial charge >= 0.3 is 0 Å². The predicted molar refractivity (Wildman–Crippen MR) is 131 cm³/mol. The van der Waals surface area contributed by atoms with Gasteiger partial charge in [0.1, 0.15) is 17.2 Å². The van der Waals surface area contributed by atoms with Gasteiger partial charge in [0.25, 0.3) is 5.91 Å². The van der Waals surface area contributed by atoms with Gasteiger partial charge in [-0.2, -0.15) is 5.10 Å². The molecule has 1 unspecified atom stereocenters. The van der Waals surface area contributed by atoms with E-state index in [2.05, 4.69) is 26.1 Å². The number of carbonyl (C=O) groups is 1. The van der Waals surface area contributed by atoms with Crippen LogP contribution in [0.4, 0.5) is 5.69 Å². The Kier molecular flexibility index (Phi) is 5.64.